The van der Waals surface area contributed by atoms with Crippen LogP contribution in [0.25, 0.3) is 0 Å². The van der Waals surface area contributed by atoms with Gasteiger partial charge in [-0.05, 0) is 13.0 Å². The number of hydrogen-bond acceptors (Lipinski definition) is 6. The number of hydrogen-bond donors (Lipinski definition) is 0. The molecule has 1 aromatic rings. The molecule has 1 aliphatic heterocycles. The minimum absolute atomic E-state index is 0.120. The van der Waals surface area contributed by atoms with Gasteiger partial charge in [0.25, 0.3) is 0 Å². The summed E-state index contributed by atoms with van der Waals surface area (Å²) in [6.45, 7) is 2.48. The fraction of sp³-hybridized carbons (Fsp3) is 0.400. The molecule has 0 unspecified atom stereocenters. The van der Waals surface area contributed by atoms with E-state index in [1.165, 1.54) is 0 Å². The van der Waals surface area contributed by atoms with Crippen LogP contribution >= 0.6 is 0 Å². The summed E-state index contributed by atoms with van der Waals surface area (Å²) in [7, 11) is 0. The summed E-state index contributed by atoms with van der Waals surface area (Å²) < 4.78 is 4.43. The lowest BCUT2D eigenvalue weighted by Gasteiger charge is -2.23. The van der Waals surface area contributed by atoms with E-state index in [9.17, 15) is 9.59 Å². The molecule has 1 saturated heterocycles. The van der Waals surface area contributed by atoms with Crippen LogP contribution in [0.3, 0.4) is 0 Å². The predicted molar refractivity (Wildman–Crippen MR) is 53.1 cm³/mol. The van der Waals surface area contributed by atoms with Crippen molar-refractivity contribution in [1.82, 2.24) is 14.9 Å². The van der Waals surface area contributed by atoms with Gasteiger partial charge in [-0.15, -0.1) is 0 Å². The van der Waals surface area contributed by atoms with Crippen molar-refractivity contribution in [3.63, 3.8) is 0 Å². The van der Waals surface area contributed by atoms with Crippen LogP contribution in [-0.2, 0) is 20.9 Å². The van der Waals surface area contributed by atoms with Gasteiger partial charge in [0.05, 0.1) is 18.8 Å². The van der Waals surface area contributed by atoms with Gasteiger partial charge in [-0.2, -0.15) is 0 Å². The third-order valence-electron chi connectivity index (χ3n) is 2.15. The molecule has 0 saturated carbocycles. The van der Waals surface area contributed by atoms with Gasteiger partial charge in [0, 0.05) is 12.7 Å². The molecule has 0 spiro atoms. The fourth-order valence-corrected chi connectivity index (χ4v) is 1.55. The number of esters is 2. The maximum atomic E-state index is 11.0. The second-order valence-electron chi connectivity index (χ2n) is 3.59. The Morgan fingerprint density at radius 2 is 2.06 bits per heavy atom. The van der Waals surface area contributed by atoms with E-state index in [0.717, 1.165) is 5.69 Å². The summed E-state index contributed by atoms with van der Waals surface area (Å²) in [4.78, 5) is 31.9. The molecule has 1 aromatic heterocycles. The lowest BCUT2D eigenvalue weighted by Crippen LogP contribution is -2.42. The van der Waals surface area contributed by atoms with Gasteiger partial charge in [0.15, 0.2) is 0 Å². The standard InChI is InChI=1S/C10H11N3O3/c1-7-11-3-2-8(12-7)4-13-5-9(14)16-10(15)6-13/h2-3H,4-6H2,1H3. The number of aryl methyl sites for hydroxylation is 1. The van der Waals surface area contributed by atoms with Crippen LogP contribution in [0.1, 0.15) is 11.5 Å². The third kappa shape index (κ3) is 2.60. The van der Waals surface area contributed by atoms with Gasteiger partial charge in [-0.1, -0.05) is 0 Å². The summed E-state index contributed by atoms with van der Waals surface area (Å²) >= 11 is 0. The molecular formula is C10H11N3O3. The van der Waals surface area contributed by atoms with E-state index in [-0.39, 0.29) is 13.1 Å². The largest absolute Gasteiger partial charge is 0.391 e. The molecule has 0 radical (unpaired) electrons. The van der Waals surface area contributed by atoms with E-state index in [1.54, 1.807) is 24.1 Å². The lowest BCUT2D eigenvalue weighted by atomic mass is 10.3. The molecular weight excluding hydrogens is 210 g/mol. The summed E-state index contributed by atoms with van der Waals surface area (Å²) in [5.41, 5.74) is 0.787. The van der Waals surface area contributed by atoms with E-state index < -0.39 is 11.9 Å². The van der Waals surface area contributed by atoms with E-state index in [2.05, 4.69) is 14.7 Å². The average molecular weight is 221 g/mol. The number of carbonyl (C=O) groups is 2. The maximum Gasteiger partial charge on any atom is 0.327 e. The van der Waals surface area contributed by atoms with Gasteiger partial charge in [-0.3, -0.25) is 14.5 Å². The van der Waals surface area contributed by atoms with Crippen LogP contribution in [0.4, 0.5) is 0 Å². The first-order valence-corrected chi connectivity index (χ1v) is 4.88. The minimum Gasteiger partial charge on any atom is -0.391 e. The topological polar surface area (TPSA) is 72.4 Å². The molecule has 84 valence electrons. The van der Waals surface area contributed by atoms with E-state index in [4.69, 9.17) is 0 Å². The van der Waals surface area contributed by atoms with Crippen molar-refractivity contribution in [2.75, 3.05) is 13.1 Å². The predicted octanol–water partition coefficient (Wildman–Crippen LogP) is -0.330. The Labute approximate surface area is 92.3 Å². The molecule has 6 nitrogen and oxygen atoms in total. The summed E-state index contributed by atoms with van der Waals surface area (Å²) in [5, 5.41) is 0. The molecule has 0 N–H and O–H groups in total. The van der Waals surface area contributed by atoms with Gasteiger partial charge >= 0.3 is 11.9 Å². The highest BCUT2D eigenvalue weighted by atomic mass is 16.6. The van der Waals surface area contributed by atoms with Crippen molar-refractivity contribution in [3.8, 4) is 0 Å². The normalized spacial score (nSPS) is 17.3. The minimum atomic E-state index is -0.512. The first-order valence-electron chi connectivity index (χ1n) is 4.88. The number of ether oxygens (including phenoxy) is 1. The lowest BCUT2D eigenvalue weighted by molar-refractivity contribution is -0.167. The Balaban J connectivity index is 2.04. The van der Waals surface area contributed by atoms with Gasteiger partial charge in [-0.25, -0.2) is 9.97 Å². The molecule has 2 rings (SSSR count). The fourth-order valence-electron chi connectivity index (χ4n) is 1.55. The average Bonchev–Trinajstić information content (AvgIpc) is 2.15. The van der Waals surface area contributed by atoms with Crippen molar-refractivity contribution in [2.45, 2.75) is 13.5 Å². The first kappa shape index (κ1) is 10.7. The molecule has 1 fully saturated rings. The zero-order valence-electron chi connectivity index (χ0n) is 8.84. The Kier molecular flexibility index (Phi) is 2.91. The van der Waals surface area contributed by atoms with E-state index >= 15 is 0 Å². The molecule has 0 atom stereocenters. The van der Waals surface area contributed by atoms with Gasteiger partial charge < -0.3 is 4.74 Å². The van der Waals surface area contributed by atoms with Crippen LogP contribution in [0, 0.1) is 6.92 Å². The van der Waals surface area contributed by atoms with E-state index in [0.29, 0.717) is 12.4 Å². The van der Waals surface area contributed by atoms with Crippen LogP contribution in [0.2, 0.25) is 0 Å². The van der Waals surface area contributed by atoms with Gasteiger partial charge in [0.1, 0.15) is 5.82 Å². The summed E-state index contributed by atoms with van der Waals surface area (Å²) in [6.07, 6.45) is 1.65. The second kappa shape index (κ2) is 4.36. The van der Waals surface area contributed by atoms with Crippen molar-refractivity contribution in [1.29, 1.82) is 0 Å². The quantitative estimate of drug-likeness (QED) is 0.503. The SMILES string of the molecule is Cc1nccc(CN2CC(=O)OC(=O)C2)n1. The molecule has 1 aliphatic rings. The maximum absolute atomic E-state index is 11.0. The van der Waals surface area contributed by atoms with Crippen molar-refractivity contribution < 1.29 is 14.3 Å². The van der Waals surface area contributed by atoms with Crippen LogP contribution in [-0.4, -0.2) is 39.9 Å². The van der Waals surface area contributed by atoms with E-state index in [1.807, 2.05) is 0 Å². The van der Waals surface area contributed by atoms with Gasteiger partial charge in [0.2, 0.25) is 0 Å². The number of aromatic nitrogens is 2. The molecule has 16 heavy (non-hydrogen) atoms. The number of carbonyl (C=O) groups excluding carboxylic acids is 2. The summed E-state index contributed by atoms with van der Waals surface area (Å²) in [5.74, 6) is -0.354. The second-order valence-corrected chi connectivity index (χ2v) is 3.59. The molecule has 6 heteroatoms. The Morgan fingerprint density at radius 1 is 1.38 bits per heavy atom. The van der Waals surface area contributed by atoms with Crippen LogP contribution in [0.5, 0.6) is 0 Å². The highest BCUT2D eigenvalue weighted by molar-refractivity contribution is 5.90. The Hall–Kier alpha value is -1.82. The highest BCUT2D eigenvalue weighted by Gasteiger charge is 2.24. The van der Waals surface area contributed by atoms with Crippen LogP contribution < -0.4 is 0 Å². The van der Waals surface area contributed by atoms with Crippen LogP contribution in [0.15, 0.2) is 12.3 Å². The third-order valence-corrected chi connectivity index (χ3v) is 2.15. The zero-order valence-corrected chi connectivity index (χ0v) is 8.84. The number of morpholine rings is 1. The van der Waals surface area contributed by atoms with Crippen molar-refractivity contribution in [2.24, 2.45) is 0 Å². The molecule has 2 heterocycles. The first-order chi connectivity index (χ1) is 7.63. The molecule has 0 bridgehead atoms. The zero-order chi connectivity index (χ0) is 11.5. The molecule has 0 aliphatic carbocycles. The smallest absolute Gasteiger partial charge is 0.327 e. The number of nitrogens with zero attached hydrogens (tertiary/aromatic N) is 3. The summed E-state index contributed by atoms with van der Waals surface area (Å²) in [6, 6.07) is 1.76. The Morgan fingerprint density at radius 3 is 2.69 bits per heavy atom. The molecule has 0 aromatic carbocycles. The highest BCUT2D eigenvalue weighted by Crippen LogP contribution is 2.05. The van der Waals surface area contributed by atoms with Crippen molar-refractivity contribution in [3.05, 3.63) is 23.8 Å². The number of rotatable bonds is 2. The number of cyclic esters (lactones) is 2. The molecule has 0 amide bonds. The Bertz CT molecular complexity index is 417. The van der Waals surface area contributed by atoms with Crippen molar-refractivity contribution >= 4 is 11.9 Å². The monoisotopic (exact) mass is 221 g/mol.